The molecule has 0 saturated carbocycles. The molecule has 12 heavy (non-hydrogen) atoms. The van der Waals surface area contributed by atoms with Crippen LogP contribution in [0.1, 0.15) is 19.8 Å². The Hall–Kier alpha value is -0.170. The summed E-state index contributed by atoms with van der Waals surface area (Å²) in [6.07, 6.45) is 1.59. The van der Waals surface area contributed by atoms with Crippen LogP contribution in [0.25, 0.3) is 0 Å². The van der Waals surface area contributed by atoms with Crippen LogP contribution in [-0.2, 0) is 18.9 Å². The SMILES string of the molecule is CCCCOS(=O)(=O)ON(C)C. The maximum atomic E-state index is 10.8. The molecule has 0 rings (SSSR count). The molecular weight excluding hydrogens is 182 g/mol. The summed E-state index contributed by atoms with van der Waals surface area (Å²) in [6, 6.07) is 0. The quantitative estimate of drug-likeness (QED) is 0.459. The van der Waals surface area contributed by atoms with Gasteiger partial charge >= 0.3 is 10.4 Å². The Kier molecular flexibility index (Phi) is 5.39. The Morgan fingerprint density at radius 3 is 2.33 bits per heavy atom. The van der Waals surface area contributed by atoms with Gasteiger partial charge in [-0.1, -0.05) is 13.3 Å². The summed E-state index contributed by atoms with van der Waals surface area (Å²) in [6.45, 7) is 2.12. The molecule has 0 aliphatic heterocycles. The van der Waals surface area contributed by atoms with E-state index in [9.17, 15) is 8.42 Å². The highest BCUT2D eigenvalue weighted by molar-refractivity contribution is 7.81. The van der Waals surface area contributed by atoms with E-state index in [0.29, 0.717) is 6.42 Å². The summed E-state index contributed by atoms with van der Waals surface area (Å²) < 4.78 is 30.5. The van der Waals surface area contributed by atoms with Gasteiger partial charge < -0.3 is 0 Å². The molecule has 0 fully saturated rings. The van der Waals surface area contributed by atoms with Gasteiger partial charge in [0.25, 0.3) is 0 Å². The van der Waals surface area contributed by atoms with Crippen molar-refractivity contribution in [3.8, 4) is 0 Å². The molecule has 0 heterocycles. The lowest BCUT2D eigenvalue weighted by atomic mass is 10.4. The third-order valence-corrected chi connectivity index (χ3v) is 1.90. The Morgan fingerprint density at radius 2 is 1.92 bits per heavy atom. The molecule has 0 amide bonds. The van der Waals surface area contributed by atoms with Gasteiger partial charge in [-0.2, -0.15) is 17.8 Å². The van der Waals surface area contributed by atoms with E-state index in [2.05, 4.69) is 8.47 Å². The number of hydrogen-bond acceptors (Lipinski definition) is 5. The summed E-state index contributed by atoms with van der Waals surface area (Å²) >= 11 is 0. The van der Waals surface area contributed by atoms with Crippen LogP contribution in [0.5, 0.6) is 0 Å². The highest BCUT2D eigenvalue weighted by Crippen LogP contribution is 1.99. The molecule has 74 valence electrons. The summed E-state index contributed by atoms with van der Waals surface area (Å²) in [5.74, 6) is 0. The van der Waals surface area contributed by atoms with Crippen LogP contribution in [-0.4, -0.2) is 34.2 Å². The summed E-state index contributed by atoms with van der Waals surface area (Å²) in [5, 5.41) is 1.07. The molecular formula is C6H15NO4S. The van der Waals surface area contributed by atoms with Crippen LogP contribution >= 0.6 is 0 Å². The van der Waals surface area contributed by atoms with Gasteiger partial charge in [-0.15, -0.1) is 0 Å². The fraction of sp³-hybridized carbons (Fsp3) is 1.00. The van der Waals surface area contributed by atoms with Crippen molar-refractivity contribution in [1.29, 1.82) is 0 Å². The van der Waals surface area contributed by atoms with Crippen LogP contribution in [0, 0.1) is 0 Å². The normalized spacial score (nSPS) is 12.3. The molecule has 0 spiro atoms. The Bertz CT molecular complexity index is 200. The number of rotatable bonds is 6. The second-order valence-corrected chi connectivity index (χ2v) is 3.67. The van der Waals surface area contributed by atoms with E-state index in [-0.39, 0.29) is 6.61 Å². The van der Waals surface area contributed by atoms with Crippen molar-refractivity contribution >= 4 is 10.4 Å². The van der Waals surface area contributed by atoms with Crippen LogP contribution in [0.15, 0.2) is 0 Å². The van der Waals surface area contributed by atoms with Crippen LogP contribution in [0.2, 0.25) is 0 Å². The van der Waals surface area contributed by atoms with Crippen molar-refractivity contribution in [2.75, 3.05) is 20.7 Å². The van der Waals surface area contributed by atoms with Gasteiger partial charge in [-0.3, -0.25) is 0 Å². The first-order valence-electron chi connectivity index (χ1n) is 3.74. The fourth-order valence-electron chi connectivity index (χ4n) is 0.509. The van der Waals surface area contributed by atoms with Gasteiger partial charge in [0.1, 0.15) is 0 Å². The maximum absolute atomic E-state index is 10.8. The molecule has 0 unspecified atom stereocenters. The lowest BCUT2D eigenvalue weighted by molar-refractivity contribution is -0.0141. The molecule has 6 heteroatoms. The average molecular weight is 197 g/mol. The lowest BCUT2D eigenvalue weighted by Crippen LogP contribution is -2.21. The first kappa shape index (κ1) is 11.8. The molecule has 0 aromatic heterocycles. The van der Waals surface area contributed by atoms with Gasteiger partial charge in [-0.25, -0.2) is 4.18 Å². The van der Waals surface area contributed by atoms with Crippen molar-refractivity contribution < 1.29 is 16.9 Å². The fourth-order valence-corrected chi connectivity index (χ4v) is 1.24. The minimum Gasteiger partial charge on any atom is -0.247 e. The first-order chi connectivity index (χ1) is 5.48. The summed E-state index contributed by atoms with van der Waals surface area (Å²) in [4.78, 5) is 0. The van der Waals surface area contributed by atoms with E-state index in [1.807, 2.05) is 6.92 Å². The third kappa shape index (κ3) is 6.53. The summed E-state index contributed by atoms with van der Waals surface area (Å²) in [5.41, 5.74) is 0. The van der Waals surface area contributed by atoms with Gasteiger partial charge in [-0.05, 0) is 6.42 Å². The molecule has 0 aromatic rings. The van der Waals surface area contributed by atoms with Gasteiger partial charge in [0, 0.05) is 14.1 Å². The highest BCUT2D eigenvalue weighted by Gasteiger charge is 2.12. The molecule has 0 aromatic carbocycles. The molecule has 0 atom stereocenters. The Balaban J connectivity index is 3.73. The van der Waals surface area contributed by atoms with E-state index < -0.39 is 10.4 Å². The van der Waals surface area contributed by atoms with Crippen molar-refractivity contribution in [3.05, 3.63) is 0 Å². The predicted molar refractivity (Wildman–Crippen MR) is 44.6 cm³/mol. The van der Waals surface area contributed by atoms with Crippen LogP contribution < -0.4 is 0 Å². The Morgan fingerprint density at radius 1 is 1.33 bits per heavy atom. The standard InChI is InChI=1S/C6H15NO4S/c1-4-5-6-10-12(8,9)11-7(2)3/h4-6H2,1-3H3. The zero-order valence-electron chi connectivity index (χ0n) is 7.61. The summed E-state index contributed by atoms with van der Waals surface area (Å²) in [7, 11) is -0.881. The molecule has 0 radical (unpaired) electrons. The predicted octanol–water partition coefficient (Wildman–Crippen LogP) is 0.541. The van der Waals surface area contributed by atoms with E-state index in [0.717, 1.165) is 11.5 Å². The number of hydroxylamine groups is 2. The number of hydrogen-bond donors (Lipinski definition) is 0. The number of nitrogens with zero attached hydrogens (tertiary/aromatic N) is 1. The van der Waals surface area contributed by atoms with Crippen molar-refractivity contribution in [2.45, 2.75) is 19.8 Å². The largest absolute Gasteiger partial charge is 0.416 e. The zero-order chi connectivity index (χ0) is 9.61. The van der Waals surface area contributed by atoms with Gasteiger partial charge in [0.2, 0.25) is 0 Å². The topological polar surface area (TPSA) is 55.8 Å². The third-order valence-electron chi connectivity index (χ3n) is 0.966. The highest BCUT2D eigenvalue weighted by atomic mass is 32.3. The molecule has 0 saturated heterocycles. The first-order valence-corrected chi connectivity index (χ1v) is 5.07. The second-order valence-electron chi connectivity index (χ2n) is 2.47. The molecule has 0 aliphatic carbocycles. The zero-order valence-corrected chi connectivity index (χ0v) is 8.43. The van der Waals surface area contributed by atoms with Crippen molar-refractivity contribution in [1.82, 2.24) is 5.06 Å². The smallest absolute Gasteiger partial charge is 0.247 e. The number of unbranched alkanes of at least 4 members (excludes halogenated alkanes) is 1. The van der Waals surface area contributed by atoms with Crippen LogP contribution in [0.3, 0.4) is 0 Å². The Labute approximate surface area is 73.5 Å². The monoisotopic (exact) mass is 197 g/mol. The van der Waals surface area contributed by atoms with Crippen molar-refractivity contribution in [3.63, 3.8) is 0 Å². The van der Waals surface area contributed by atoms with Crippen LogP contribution in [0.4, 0.5) is 0 Å². The minimum atomic E-state index is -3.83. The van der Waals surface area contributed by atoms with E-state index in [4.69, 9.17) is 0 Å². The second kappa shape index (κ2) is 5.47. The minimum absolute atomic E-state index is 0.173. The van der Waals surface area contributed by atoms with E-state index in [1.165, 1.54) is 14.1 Å². The lowest BCUT2D eigenvalue weighted by Gasteiger charge is -2.09. The van der Waals surface area contributed by atoms with E-state index >= 15 is 0 Å². The molecule has 0 bridgehead atoms. The molecule has 0 aliphatic rings. The van der Waals surface area contributed by atoms with Crippen molar-refractivity contribution in [2.24, 2.45) is 0 Å². The average Bonchev–Trinajstić information content (AvgIpc) is 1.84. The maximum Gasteiger partial charge on any atom is 0.416 e. The van der Waals surface area contributed by atoms with E-state index in [1.54, 1.807) is 0 Å². The van der Waals surface area contributed by atoms with Gasteiger partial charge in [0.05, 0.1) is 6.61 Å². The molecule has 0 N–H and O–H groups in total. The van der Waals surface area contributed by atoms with Gasteiger partial charge in [0.15, 0.2) is 0 Å². The molecule has 5 nitrogen and oxygen atoms in total.